The second kappa shape index (κ2) is 5.98. The van der Waals surface area contributed by atoms with Crippen LogP contribution in [0, 0.1) is 0 Å². The molecule has 0 fully saturated rings. The first-order chi connectivity index (χ1) is 7.92. The van der Waals surface area contributed by atoms with Crippen molar-refractivity contribution in [1.82, 2.24) is 0 Å². The topological polar surface area (TPSA) is 54.4 Å². The van der Waals surface area contributed by atoms with Crippen LogP contribution in [0.15, 0.2) is 28.7 Å². The van der Waals surface area contributed by atoms with Crippen molar-refractivity contribution in [1.29, 1.82) is 0 Å². The van der Waals surface area contributed by atoms with Crippen molar-refractivity contribution in [3.05, 3.63) is 34.3 Å². The summed E-state index contributed by atoms with van der Waals surface area (Å²) in [5.41, 5.74) is 0.636. The average molecular weight is 321 g/mol. The second-order valence-corrected chi connectivity index (χ2v) is 7.32. The maximum Gasteiger partial charge on any atom is 0.155 e. The summed E-state index contributed by atoms with van der Waals surface area (Å²) in [7, 11) is -3.23. The van der Waals surface area contributed by atoms with Crippen LogP contribution >= 0.6 is 15.9 Å². The molecule has 0 amide bonds. The molecule has 0 aliphatic heterocycles. The number of sulfone groups is 1. The Bertz CT molecular complexity index is 453. The van der Waals surface area contributed by atoms with E-state index >= 15 is 0 Å². The van der Waals surface area contributed by atoms with Crippen molar-refractivity contribution in [3.63, 3.8) is 0 Å². The molecule has 0 saturated heterocycles. The van der Waals surface area contributed by atoms with E-state index in [1.54, 1.807) is 38.1 Å². The maximum atomic E-state index is 11.8. The number of hydrogen-bond acceptors (Lipinski definition) is 3. The predicted octanol–water partition coefficient (Wildman–Crippen LogP) is 2.70. The van der Waals surface area contributed by atoms with Crippen LogP contribution in [0.3, 0.4) is 0 Å². The van der Waals surface area contributed by atoms with Gasteiger partial charge in [-0.25, -0.2) is 8.42 Å². The van der Waals surface area contributed by atoms with Crippen LogP contribution in [0.4, 0.5) is 0 Å². The fraction of sp³-hybridized carbons (Fsp3) is 0.500. The fourth-order valence-electron chi connectivity index (χ4n) is 1.76. The molecule has 1 aromatic rings. The molecule has 1 rings (SSSR count). The lowest BCUT2D eigenvalue weighted by molar-refractivity contribution is 0.169. The van der Waals surface area contributed by atoms with E-state index in [1.165, 1.54) is 0 Å². The van der Waals surface area contributed by atoms with Crippen molar-refractivity contribution in [2.24, 2.45) is 0 Å². The van der Waals surface area contributed by atoms with Crippen LogP contribution < -0.4 is 0 Å². The van der Waals surface area contributed by atoms with Crippen molar-refractivity contribution >= 4 is 25.8 Å². The first kappa shape index (κ1) is 14.7. The fourth-order valence-corrected chi connectivity index (χ4v) is 3.51. The first-order valence-corrected chi connectivity index (χ1v) is 8.08. The third-order valence-corrected chi connectivity index (χ3v) is 5.68. The van der Waals surface area contributed by atoms with E-state index in [2.05, 4.69) is 15.9 Å². The van der Waals surface area contributed by atoms with Gasteiger partial charge in [0.15, 0.2) is 9.84 Å². The van der Waals surface area contributed by atoms with Crippen LogP contribution in [0.5, 0.6) is 0 Å². The molecule has 0 radical (unpaired) electrons. The van der Waals surface area contributed by atoms with Gasteiger partial charge in [-0.3, -0.25) is 0 Å². The molecule has 3 nitrogen and oxygen atoms in total. The van der Waals surface area contributed by atoms with E-state index in [1.807, 2.05) is 0 Å². The van der Waals surface area contributed by atoms with E-state index in [0.29, 0.717) is 12.0 Å². The molecule has 0 heterocycles. The number of aliphatic hydroxyl groups is 1. The standard InChI is InChI=1S/C12H17BrO3S/c1-3-11(17(15,16)4-2)12(14)9-5-7-10(13)8-6-9/h5-8,11-12,14H,3-4H2,1-2H3/t11-,12+/m0/s1. The molecular formula is C12H17BrO3S. The minimum atomic E-state index is -3.23. The van der Waals surface area contributed by atoms with Gasteiger partial charge < -0.3 is 5.11 Å². The van der Waals surface area contributed by atoms with E-state index < -0.39 is 21.2 Å². The summed E-state index contributed by atoms with van der Waals surface area (Å²) in [6, 6.07) is 7.07. The van der Waals surface area contributed by atoms with Gasteiger partial charge in [0.05, 0.1) is 11.4 Å². The second-order valence-electron chi connectivity index (χ2n) is 3.89. The van der Waals surface area contributed by atoms with E-state index in [4.69, 9.17) is 0 Å². The zero-order valence-electron chi connectivity index (χ0n) is 9.93. The Morgan fingerprint density at radius 3 is 2.18 bits per heavy atom. The molecule has 0 bridgehead atoms. The highest BCUT2D eigenvalue weighted by Gasteiger charge is 2.30. The zero-order valence-corrected chi connectivity index (χ0v) is 12.3. The van der Waals surface area contributed by atoms with Crippen LogP contribution in [0.1, 0.15) is 31.9 Å². The molecule has 0 spiro atoms. The molecule has 0 aliphatic carbocycles. The Morgan fingerprint density at radius 1 is 1.24 bits per heavy atom. The van der Waals surface area contributed by atoms with Gasteiger partial charge in [-0.05, 0) is 24.1 Å². The highest BCUT2D eigenvalue weighted by Crippen LogP contribution is 2.26. The number of aliphatic hydroxyl groups excluding tert-OH is 1. The minimum Gasteiger partial charge on any atom is -0.387 e. The molecule has 96 valence electrons. The molecule has 5 heteroatoms. The molecule has 1 aromatic carbocycles. The van der Waals surface area contributed by atoms with Gasteiger partial charge in [0.25, 0.3) is 0 Å². The number of halogens is 1. The van der Waals surface area contributed by atoms with Gasteiger partial charge >= 0.3 is 0 Å². The average Bonchev–Trinajstić information content (AvgIpc) is 2.30. The van der Waals surface area contributed by atoms with Gasteiger partial charge in [0.1, 0.15) is 0 Å². The molecule has 0 aliphatic rings. The van der Waals surface area contributed by atoms with Crippen LogP contribution in [-0.2, 0) is 9.84 Å². The monoisotopic (exact) mass is 320 g/mol. The maximum absolute atomic E-state index is 11.8. The quantitative estimate of drug-likeness (QED) is 0.907. The van der Waals surface area contributed by atoms with Crippen molar-refractivity contribution in [2.45, 2.75) is 31.6 Å². The SMILES string of the molecule is CC[C@@H]([C@H](O)c1ccc(Br)cc1)S(=O)(=O)CC. The minimum absolute atomic E-state index is 0.0547. The number of rotatable bonds is 5. The smallest absolute Gasteiger partial charge is 0.155 e. The predicted molar refractivity (Wildman–Crippen MR) is 72.6 cm³/mol. The number of hydrogen-bond donors (Lipinski definition) is 1. The Hall–Kier alpha value is -0.390. The molecule has 0 unspecified atom stereocenters. The lowest BCUT2D eigenvalue weighted by atomic mass is 10.1. The molecule has 1 N–H and O–H groups in total. The summed E-state index contributed by atoms with van der Waals surface area (Å²) in [6.45, 7) is 3.38. The molecule has 17 heavy (non-hydrogen) atoms. The highest BCUT2D eigenvalue weighted by molar-refractivity contribution is 9.10. The summed E-state index contributed by atoms with van der Waals surface area (Å²) < 4.78 is 24.6. The first-order valence-electron chi connectivity index (χ1n) is 5.57. The Labute approximate surface area is 111 Å². The molecule has 0 aromatic heterocycles. The van der Waals surface area contributed by atoms with Gasteiger partial charge in [0, 0.05) is 10.2 Å². The van der Waals surface area contributed by atoms with Crippen molar-refractivity contribution in [3.8, 4) is 0 Å². The lowest BCUT2D eigenvalue weighted by Crippen LogP contribution is -2.29. The molecule has 0 saturated carbocycles. The van der Waals surface area contributed by atoms with Gasteiger partial charge in [0.2, 0.25) is 0 Å². The Balaban J connectivity index is 3.02. The number of benzene rings is 1. The van der Waals surface area contributed by atoms with Crippen LogP contribution in [0.2, 0.25) is 0 Å². The zero-order chi connectivity index (χ0) is 13.1. The van der Waals surface area contributed by atoms with Crippen molar-refractivity contribution in [2.75, 3.05) is 5.75 Å². The van der Waals surface area contributed by atoms with E-state index in [-0.39, 0.29) is 5.75 Å². The summed E-state index contributed by atoms with van der Waals surface area (Å²) in [5.74, 6) is 0.0547. The Kier molecular flexibility index (Phi) is 5.16. The summed E-state index contributed by atoms with van der Waals surface area (Å²) in [6.07, 6.45) is -0.550. The highest BCUT2D eigenvalue weighted by atomic mass is 79.9. The van der Waals surface area contributed by atoms with E-state index in [0.717, 1.165) is 4.47 Å². The normalized spacial score (nSPS) is 15.5. The van der Waals surface area contributed by atoms with Gasteiger partial charge in [-0.15, -0.1) is 0 Å². The summed E-state index contributed by atoms with van der Waals surface area (Å²) in [5, 5.41) is 9.42. The molecule has 2 atom stereocenters. The van der Waals surface area contributed by atoms with Gasteiger partial charge in [-0.1, -0.05) is 41.9 Å². The van der Waals surface area contributed by atoms with Crippen LogP contribution in [0.25, 0.3) is 0 Å². The van der Waals surface area contributed by atoms with Crippen LogP contribution in [-0.4, -0.2) is 24.5 Å². The van der Waals surface area contributed by atoms with Crippen molar-refractivity contribution < 1.29 is 13.5 Å². The van der Waals surface area contributed by atoms with E-state index in [9.17, 15) is 13.5 Å². The third kappa shape index (κ3) is 3.53. The largest absolute Gasteiger partial charge is 0.387 e. The summed E-state index contributed by atoms with van der Waals surface area (Å²) in [4.78, 5) is 0. The summed E-state index contributed by atoms with van der Waals surface area (Å²) >= 11 is 3.30. The third-order valence-electron chi connectivity index (χ3n) is 2.83. The van der Waals surface area contributed by atoms with Gasteiger partial charge in [-0.2, -0.15) is 0 Å². The lowest BCUT2D eigenvalue weighted by Gasteiger charge is -2.21. The Morgan fingerprint density at radius 2 is 1.76 bits per heavy atom. The molecular weight excluding hydrogens is 304 g/mol.